The number of oxazole rings is 1. The predicted molar refractivity (Wildman–Crippen MR) is 112 cm³/mol. The highest BCUT2D eigenvalue weighted by Gasteiger charge is 2.23. The fourth-order valence-electron chi connectivity index (χ4n) is 3.67. The van der Waals surface area contributed by atoms with Crippen molar-refractivity contribution in [1.82, 2.24) is 9.47 Å². The van der Waals surface area contributed by atoms with Crippen LogP contribution in [0, 0.1) is 10.1 Å². The smallest absolute Gasteiger partial charge is 0.407 e. The SMILES string of the molecule is CC(=O)c1ccc(N2CCN(C(=O)Cn3c(=O)oc4cc([N+](=O)[O-])ccc43)CC2)cc1. The fourth-order valence-corrected chi connectivity index (χ4v) is 3.67. The molecule has 1 aliphatic rings. The van der Waals surface area contributed by atoms with Gasteiger partial charge >= 0.3 is 5.76 Å². The zero-order valence-electron chi connectivity index (χ0n) is 16.8. The van der Waals surface area contributed by atoms with E-state index in [0.29, 0.717) is 37.3 Å². The Labute approximate surface area is 176 Å². The highest BCUT2D eigenvalue weighted by Crippen LogP contribution is 2.21. The van der Waals surface area contributed by atoms with E-state index in [9.17, 15) is 24.5 Å². The van der Waals surface area contributed by atoms with Gasteiger partial charge in [0.05, 0.1) is 16.5 Å². The zero-order chi connectivity index (χ0) is 22.1. The number of anilines is 1. The Morgan fingerprint density at radius 1 is 1.06 bits per heavy atom. The molecular formula is C21H20N4O6. The minimum absolute atomic E-state index is 0.0126. The van der Waals surface area contributed by atoms with Gasteiger partial charge < -0.3 is 14.2 Å². The maximum atomic E-state index is 12.8. The fraction of sp³-hybridized carbons (Fsp3) is 0.286. The van der Waals surface area contributed by atoms with Crippen LogP contribution in [0.1, 0.15) is 17.3 Å². The van der Waals surface area contributed by atoms with Crippen molar-refractivity contribution in [2.75, 3.05) is 31.1 Å². The molecule has 160 valence electrons. The van der Waals surface area contributed by atoms with Gasteiger partial charge in [0.2, 0.25) is 5.91 Å². The monoisotopic (exact) mass is 424 g/mol. The summed E-state index contributed by atoms with van der Waals surface area (Å²) in [5.74, 6) is -0.943. The van der Waals surface area contributed by atoms with Crippen molar-refractivity contribution in [2.24, 2.45) is 0 Å². The maximum Gasteiger partial charge on any atom is 0.420 e. The van der Waals surface area contributed by atoms with Crippen molar-refractivity contribution in [3.8, 4) is 0 Å². The van der Waals surface area contributed by atoms with Crippen LogP contribution in [-0.4, -0.2) is 52.3 Å². The number of hydrogen-bond donors (Lipinski definition) is 0. The molecule has 31 heavy (non-hydrogen) atoms. The molecule has 1 fully saturated rings. The largest absolute Gasteiger partial charge is 0.420 e. The number of nitro benzene ring substituents is 1. The summed E-state index contributed by atoms with van der Waals surface area (Å²) in [6, 6.07) is 11.2. The molecule has 0 atom stereocenters. The molecule has 10 nitrogen and oxygen atoms in total. The minimum Gasteiger partial charge on any atom is -0.407 e. The molecule has 0 saturated carbocycles. The summed E-state index contributed by atoms with van der Waals surface area (Å²) in [5, 5.41) is 10.9. The van der Waals surface area contributed by atoms with Gasteiger partial charge in [-0.25, -0.2) is 4.79 Å². The van der Waals surface area contributed by atoms with Crippen LogP contribution < -0.4 is 10.7 Å². The number of rotatable bonds is 5. The van der Waals surface area contributed by atoms with Crippen molar-refractivity contribution in [2.45, 2.75) is 13.5 Å². The highest BCUT2D eigenvalue weighted by atomic mass is 16.6. The summed E-state index contributed by atoms with van der Waals surface area (Å²) in [7, 11) is 0. The van der Waals surface area contributed by atoms with E-state index in [4.69, 9.17) is 4.42 Å². The number of amides is 1. The second-order valence-corrected chi connectivity index (χ2v) is 7.33. The van der Waals surface area contributed by atoms with Crippen LogP contribution in [0.15, 0.2) is 51.7 Å². The van der Waals surface area contributed by atoms with Gasteiger partial charge in [0.1, 0.15) is 6.54 Å². The number of carbonyl (C=O) groups is 2. The summed E-state index contributed by atoms with van der Waals surface area (Å²) >= 11 is 0. The molecule has 1 amide bonds. The quantitative estimate of drug-likeness (QED) is 0.349. The van der Waals surface area contributed by atoms with Crippen LogP contribution in [0.25, 0.3) is 11.1 Å². The Bertz CT molecular complexity index is 1220. The number of non-ortho nitro benzene ring substituents is 1. The van der Waals surface area contributed by atoms with Crippen LogP contribution in [0.4, 0.5) is 11.4 Å². The first-order chi connectivity index (χ1) is 14.8. The molecule has 4 rings (SSSR count). The Morgan fingerprint density at radius 3 is 2.35 bits per heavy atom. The van der Waals surface area contributed by atoms with Crippen LogP contribution in [0.5, 0.6) is 0 Å². The molecule has 10 heteroatoms. The molecule has 2 heterocycles. The minimum atomic E-state index is -0.729. The third kappa shape index (κ3) is 4.04. The van der Waals surface area contributed by atoms with Crippen LogP contribution in [0.3, 0.4) is 0 Å². The van der Waals surface area contributed by atoms with Crippen molar-refractivity contribution in [3.63, 3.8) is 0 Å². The van der Waals surface area contributed by atoms with Crippen molar-refractivity contribution < 1.29 is 18.9 Å². The number of ketones is 1. The van der Waals surface area contributed by atoms with E-state index < -0.39 is 10.7 Å². The topological polar surface area (TPSA) is 119 Å². The summed E-state index contributed by atoms with van der Waals surface area (Å²) < 4.78 is 6.27. The van der Waals surface area contributed by atoms with E-state index in [1.54, 1.807) is 17.0 Å². The number of aromatic nitrogens is 1. The summed E-state index contributed by atoms with van der Waals surface area (Å²) in [6.07, 6.45) is 0. The Hall–Kier alpha value is -3.95. The van der Waals surface area contributed by atoms with Crippen molar-refractivity contribution in [1.29, 1.82) is 0 Å². The first kappa shape index (κ1) is 20.3. The lowest BCUT2D eigenvalue weighted by Gasteiger charge is -2.36. The van der Waals surface area contributed by atoms with Gasteiger partial charge in [0.25, 0.3) is 5.69 Å². The van der Waals surface area contributed by atoms with Crippen molar-refractivity contribution in [3.05, 3.63) is 68.7 Å². The molecule has 0 N–H and O–H groups in total. The number of fused-ring (bicyclic) bond motifs is 1. The van der Waals surface area contributed by atoms with Crippen LogP contribution in [0.2, 0.25) is 0 Å². The molecule has 0 bridgehead atoms. The Balaban J connectivity index is 1.42. The van der Waals surface area contributed by atoms with Gasteiger partial charge in [-0.15, -0.1) is 0 Å². The second-order valence-electron chi connectivity index (χ2n) is 7.33. The van der Waals surface area contributed by atoms with Gasteiger partial charge in [-0.3, -0.25) is 24.3 Å². The standard InChI is InChI=1S/C21H20N4O6/c1-14(26)15-2-4-16(5-3-15)22-8-10-23(11-9-22)20(27)13-24-18-7-6-17(25(29)30)12-19(18)31-21(24)28/h2-7,12H,8-11,13H2,1H3. The lowest BCUT2D eigenvalue weighted by molar-refractivity contribution is -0.384. The lowest BCUT2D eigenvalue weighted by Crippen LogP contribution is -2.50. The number of piperazine rings is 1. The molecule has 1 aliphatic heterocycles. The molecule has 0 radical (unpaired) electrons. The third-order valence-electron chi connectivity index (χ3n) is 5.43. The van der Waals surface area contributed by atoms with E-state index in [-0.39, 0.29) is 29.5 Å². The number of nitrogens with zero attached hydrogens (tertiary/aromatic N) is 4. The first-order valence-electron chi connectivity index (χ1n) is 9.75. The number of hydrogen-bond acceptors (Lipinski definition) is 7. The molecule has 1 saturated heterocycles. The van der Waals surface area contributed by atoms with E-state index >= 15 is 0 Å². The number of benzene rings is 2. The van der Waals surface area contributed by atoms with Gasteiger partial charge in [-0.2, -0.15) is 0 Å². The molecule has 2 aromatic carbocycles. The van der Waals surface area contributed by atoms with Gasteiger partial charge in [-0.05, 0) is 37.3 Å². The van der Waals surface area contributed by atoms with Gasteiger partial charge in [0, 0.05) is 43.5 Å². The Kier molecular flexibility index (Phi) is 5.28. The highest BCUT2D eigenvalue weighted by molar-refractivity contribution is 5.94. The predicted octanol–water partition coefficient (Wildman–Crippen LogP) is 2.05. The van der Waals surface area contributed by atoms with E-state index in [2.05, 4.69) is 4.90 Å². The van der Waals surface area contributed by atoms with Crippen molar-refractivity contribution >= 4 is 34.2 Å². The molecule has 0 unspecified atom stereocenters. The Morgan fingerprint density at radius 2 is 1.74 bits per heavy atom. The maximum absolute atomic E-state index is 12.8. The normalized spacial score (nSPS) is 14.1. The van der Waals surface area contributed by atoms with E-state index in [1.807, 2.05) is 12.1 Å². The first-order valence-corrected chi connectivity index (χ1v) is 9.75. The summed E-state index contributed by atoms with van der Waals surface area (Å²) in [4.78, 5) is 50.5. The van der Waals surface area contributed by atoms with Gasteiger partial charge in [0.15, 0.2) is 11.4 Å². The summed E-state index contributed by atoms with van der Waals surface area (Å²) in [5.41, 5.74) is 1.86. The van der Waals surface area contributed by atoms with Gasteiger partial charge in [-0.1, -0.05) is 0 Å². The number of Topliss-reactive ketones (excluding diaryl/α,β-unsaturated/α-hetero) is 1. The second kappa shape index (κ2) is 8.05. The summed E-state index contributed by atoms with van der Waals surface area (Å²) in [6.45, 7) is 3.55. The zero-order valence-corrected chi connectivity index (χ0v) is 16.8. The number of nitro groups is 1. The molecule has 0 aliphatic carbocycles. The number of carbonyl (C=O) groups excluding carboxylic acids is 2. The molecule has 0 spiro atoms. The average Bonchev–Trinajstić information content (AvgIpc) is 3.08. The van der Waals surface area contributed by atoms with Crippen LogP contribution in [-0.2, 0) is 11.3 Å². The van der Waals surface area contributed by atoms with Crippen LogP contribution >= 0.6 is 0 Å². The molecule has 1 aromatic heterocycles. The average molecular weight is 424 g/mol. The molecular weight excluding hydrogens is 404 g/mol. The lowest BCUT2D eigenvalue weighted by atomic mass is 10.1. The molecule has 3 aromatic rings. The van der Waals surface area contributed by atoms with E-state index in [1.165, 1.54) is 29.7 Å². The van der Waals surface area contributed by atoms with E-state index in [0.717, 1.165) is 5.69 Å². The third-order valence-corrected chi connectivity index (χ3v) is 5.43.